The van der Waals surface area contributed by atoms with Crippen molar-refractivity contribution in [2.24, 2.45) is 4.99 Å². The molecule has 8 heteroatoms. The lowest BCUT2D eigenvalue weighted by Gasteiger charge is -2.34. The summed E-state index contributed by atoms with van der Waals surface area (Å²) in [5, 5.41) is 6.83. The van der Waals surface area contributed by atoms with Crippen molar-refractivity contribution < 1.29 is 9.15 Å². The van der Waals surface area contributed by atoms with Gasteiger partial charge in [0, 0.05) is 35.9 Å². The molecule has 1 atom stereocenters. The predicted molar refractivity (Wildman–Crippen MR) is 121 cm³/mol. The van der Waals surface area contributed by atoms with Crippen LogP contribution >= 0.6 is 35.3 Å². The van der Waals surface area contributed by atoms with Crippen LogP contribution in [0.25, 0.3) is 0 Å². The average molecular weight is 504 g/mol. The summed E-state index contributed by atoms with van der Waals surface area (Å²) in [5.74, 6) is 1.68. The van der Waals surface area contributed by atoms with Crippen LogP contribution in [0.1, 0.15) is 28.5 Å². The second-order valence-electron chi connectivity index (χ2n) is 6.27. The lowest BCUT2D eigenvalue weighted by atomic mass is 10.2. The van der Waals surface area contributed by atoms with E-state index in [0.717, 1.165) is 51.1 Å². The third-order valence-corrected chi connectivity index (χ3v) is 5.46. The van der Waals surface area contributed by atoms with E-state index in [-0.39, 0.29) is 24.0 Å². The first-order chi connectivity index (χ1) is 12.8. The van der Waals surface area contributed by atoms with Crippen molar-refractivity contribution in [3.63, 3.8) is 0 Å². The van der Waals surface area contributed by atoms with Crippen LogP contribution in [0.15, 0.2) is 39.9 Å². The minimum absolute atomic E-state index is 0. The molecule has 0 bridgehead atoms. The number of nitrogens with one attached hydrogen (secondary N) is 2. The molecule has 150 valence electrons. The maximum Gasteiger partial charge on any atom is 0.191 e. The molecule has 1 aliphatic heterocycles. The smallest absolute Gasteiger partial charge is 0.191 e. The Labute approximate surface area is 182 Å². The number of furan rings is 1. The van der Waals surface area contributed by atoms with Crippen molar-refractivity contribution in [2.45, 2.75) is 26.4 Å². The Morgan fingerprint density at radius 2 is 2.07 bits per heavy atom. The van der Waals surface area contributed by atoms with Crippen LogP contribution in [0.2, 0.25) is 0 Å². The van der Waals surface area contributed by atoms with E-state index >= 15 is 0 Å². The number of rotatable bonds is 7. The van der Waals surface area contributed by atoms with E-state index in [9.17, 15) is 0 Å². The highest BCUT2D eigenvalue weighted by molar-refractivity contribution is 14.0. The summed E-state index contributed by atoms with van der Waals surface area (Å²) in [6, 6.07) is 8.60. The molecule has 0 amide bonds. The first-order valence-corrected chi connectivity index (χ1v) is 10.0. The van der Waals surface area contributed by atoms with Gasteiger partial charge in [0.05, 0.1) is 25.5 Å². The predicted octanol–water partition coefficient (Wildman–Crippen LogP) is 3.40. The molecule has 0 aromatic carbocycles. The fourth-order valence-corrected chi connectivity index (χ4v) is 4.04. The number of hydrogen-bond donors (Lipinski definition) is 2. The quantitative estimate of drug-likeness (QED) is 0.344. The Balaban J connectivity index is 0.00000261. The number of hydrogen-bond acceptors (Lipinski definition) is 5. The molecule has 1 saturated heterocycles. The summed E-state index contributed by atoms with van der Waals surface area (Å²) in [5.41, 5.74) is 0. The number of morpholine rings is 1. The van der Waals surface area contributed by atoms with Crippen molar-refractivity contribution in [1.29, 1.82) is 0 Å². The molecule has 0 radical (unpaired) electrons. The molecule has 0 saturated carbocycles. The highest BCUT2D eigenvalue weighted by Crippen LogP contribution is 2.27. The van der Waals surface area contributed by atoms with Crippen LogP contribution in [0.5, 0.6) is 0 Å². The highest BCUT2D eigenvalue weighted by atomic mass is 127. The van der Waals surface area contributed by atoms with E-state index in [1.807, 2.05) is 23.5 Å². The Bertz CT molecular complexity index is 684. The van der Waals surface area contributed by atoms with Gasteiger partial charge in [-0.25, -0.2) is 4.99 Å². The Hall–Kier alpha value is -1.10. The maximum atomic E-state index is 5.53. The fourth-order valence-electron chi connectivity index (χ4n) is 3.03. The first kappa shape index (κ1) is 22.2. The normalized spacial score (nSPS) is 16.6. The molecule has 2 N–H and O–H groups in total. The Morgan fingerprint density at radius 1 is 1.26 bits per heavy atom. The van der Waals surface area contributed by atoms with Gasteiger partial charge in [-0.05, 0) is 38.1 Å². The van der Waals surface area contributed by atoms with Crippen LogP contribution in [0.4, 0.5) is 0 Å². The van der Waals surface area contributed by atoms with Gasteiger partial charge >= 0.3 is 0 Å². The second-order valence-corrected chi connectivity index (χ2v) is 7.59. The molecule has 6 nitrogen and oxygen atoms in total. The van der Waals surface area contributed by atoms with Gasteiger partial charge in [-0.3, -0.25) is 4.90 Å². The van der Waals surface area contributed by atoms with Gasteiger partial charge < -0.3 is 19.8 Å². The molecular weight excluding hydrogens is 475 g/mol. The molecule has 1 aliphatic rings. The zero-order valence-electron chi connectivity index (χ0n) is 15.9. The number of thiophene rings is 1. The van der Waals surface area contributed by atoms with Gasteiger partial charge in [-0.2, -0.15) is 0 Å². The van der Waals surface area contributed by atoms with E-state index in [4.69, 9.17) is 9.15 Å². The van der Waals surface area contributed by atoms with E-state index in [0.29, 0.717) is 12.6 Å². The zero-order valence-corrected chi connectivity index (χ0v) is 19.1. The van der Waals surface area contributed by atoms with Crippen molar-refractivity contribution in [1.82, 2.24) is 15.5 Å². The van der Waals surface area contributed by atoms with Crippen molar-refractivity contribution in [3.8, 4) is 0 Å². The second kappa shape index (κ2) is 11.7. The lowest BCUT2D eigenvalue weighted by Crippen LogP contribution is -2.46. The summed E-state index contributed by atoms with van der Waals surface area (Å²) >= 11 is 1.87. The topological polar surface area (TPSA) is 62.0 Å². The molecule has 0 aliphatic carbocycles. The molecule has 27 heavy (non-hydrogen) atoms. The van der Waals surface area contributed by atoms with E-state index in [1.54, 1.807) is 6.26 Å². The molecule has 0 spiro atoms. The van der Waals surface area contributed by atoms with E-state index in [2.05, 4.69) is 46.5 Å². The number of halogens is 1. The molecular formula is C19H29IN4O2S. The summed E-state index contributed by atoms with van der Waals surface area (Å²) < 4.78 is 10.9. The highest BCUT2D eigenvalue weighted by Gasteiger charge is 2.24. The minimum atomic E-state index is 0. The van der Waals surface area contributed by atoms with Gasteiger partial charge in [0.15, 0.2) is 5.96 Å². The van der Waals surface area contributed by atoms with E-state index < -0.39 is 0 Å². The van der Waals surface area contributed by atoms with Crippen LogP contribution in [0.3, 0.4) is 0 Å². The Kier molecular flexibility index (Phi) is 9.60. The van der Waals surface area contributed by atoms with Crippen LogP contribution < -0.4 is 10.6 Å². The number of guanidine groups is 1. The first-order valence-electron chi connectivity index (χ1n) is 9.19. The molecule has 2 aromatic rings. The number of aryl methyl sites for hydroxylation is 1. The van der Waals surface area contributed by atoms with E-state index in [1.165, 1.54) is 9.75 Å². The van der Waals surface area contributed by atoms with Crippen molar-refractivity contribution >= 4 is 41.3 Å². The number of nitrogens with zero attached hydrogens (tertiary/aromatic N) is 2. The Morgan fingerprint density at radius 3 is 2.70 bits per heavy atom. The third-order valence-electron chi connectivity index (χ3n) is 4.36. The van der Waals surface area contributed by atoms with Crippen LogP contribution in [0, 0.1) is 6.92 Å². The van der Waals surface area contributed by atoms with Gasteiger partial charge in [0.1, 0.15) is 12.3 Å². The fraction of sp³-hybridized carbons (Fsp3) is 0.526. The third kappa shape index (κ3) is 6.78. The van der Waals surface area contributed by atoms with Crippen LogP contribution in [-0.4, -0.2) is 50.3 Å². The summed E-state index contributed by atoms with van der Waals surface area (Å²) in [6.45, 7) is 9.92. The number of ether oxygens (including phenoxy) is 1. The van der Waals surface area contributed by atoms with Crippen LogP contribution in [-0.2, 0) is 11.3 Å². The maximum absolute atomic E-state index is 5.53. The van der Waals surface area contributed by atoms with Gasteiger partial charge in [0.25, 0.3) is 0 Å². The lowest BCUT2D eigenvalue weighted by molar-refractivity contribution is 0.0177. The summed E-state index contributed by atoms with van der Waals surface area (Å²) in [4.78, 5) is 9.86. The monoisotopic (exact) mass is 504 g/mol. The van der Waals surface area contributed by atoms with Crippen molar-refractivity contribution in [2.75, 3.05) is 39.4 Å². The minimum Gasteiger partial charge on any atom is -0.467 e. The summed E-state index contributed by atoms with van der Waals surface area (Å²) in [6.07, 6.45) is 1.68. The van der Waals surface area contributed by atoms with Gasteiger partial charge in [0.2, 0.25) is 0 Å². The molecule has 3 heterocycles. The van der Waals surface area contributed by atoms with Gasteiger partial charge in [-0.1, -0.05) is 0 Å². The molecule has 1 fully saturated rings. The van der Waals surface area contributed by atoms with Gasteiger partial charge in [-0.15, -0.1) is 35.3 Å². The summed E-state index contributed by atoms with van der Waals surface area (Å²) in [7, 11) is 0. The SMILES string of the molecule is CCNC(=NCc1ccco1)NCC(c1ccc(C)s1)N1CCOCC1.I. The zero-order chi connectivity index (χ0) is 18.2. The molecule has 1 unspecified atom stereocenters. The standard InChI is InChI=1S/C19H28N4O2S.HI/c1-3-20-19(21-13-16-5-4-10-25-16)22-14-17(18-7-6-15(2)26-18)23-8-11-24-12-9-23;/h4-7,10,17H,3,8-9,11-14H2,1-2H3,(H2,20,21,22);1H. The van der Waals surface area contributed by atoms with Crippen molar-refractivity contribution in [3.05, 3.63) is 46.0 Å². The molecule has 3 rings (SSSR count). The number of aliphatic imine (C=N–C) groups is 1. The average Bonchev–Trinajstić information content (AvgIpc) is 3.32. The largest absolute Gasteiger partial charge is 0.467 e. The molecule has 2 aromatic heterocycles.